The summed E-state index contributed by atoms with van der Waals surface area (Å²) in [7, 11) is -0.887. The molecule has 1 heterocycles. The van der Waals surface area contributed by atoms with Gasteiger partial charge in [-0.15, -0.1) is 12.1 Å². The van der Waals surface area contributed by atoms with Crippen LogP contribution in [0.15, 0.2) is 24.3 Å². The second-order valence-corrected chi connectivity index (χ2v) is 5.03. The molecule has 1 fully saturated rings. The van der Waals surface area contributed by atoms with Crippen LogP contribution in [0.1, 0.15) is 24.8 Å². The molecule has 0 aromatic heterocycles. The van der Waals surface area contributed by atoms with Gasteiger partial charge in [0.1, 0.15) is 0 Å². The molecule has 1 aliphatic rings. The van der Waals surface area contributed by atoms with Gasteiger partial charge in [0.2, 0.25) is 0 Å². The second-order valence-electron chi connectivity index (χ2n) is 3.44. The van der Waals surface area contributed by atoms with E-state index in [1.807, 2.05) is 6.07 Å². The first-order valence-electron chi connectivity index (χ1n) is 4.77. The summed E-state index contributed by atoms with van der Waals surface area (Å²) in [5.74, 6) is 0.476. The molecule has 76 valence electrons. The zero-order valence-electron chi connectivity index (χ0n) is 8.83. The first-order chi connectivity index (χ1) is 6.77. The molecule has 0 aliphatic carbocycles. The SMILES string of the molecule is O=S1CCCC[C-]1c1cccc(F)c1.[Li+]. The molecule has 4 heteroatoms. The van der Waals surface area contributed by atoms with Crippen molar-refractivity contribution in [2.45, 2.75) is 19.3 Å². The van der Waals surface area contributed by atoms with Crippen LogP contribution < -0.4 is 18.9 Å². The Morgan fingerprint density at radius 3 is 2.80 bits per heavy atom. The number of rotatable bonds is 1. The van der Waals surface area contributed by atoms with E-state index in [4.69, 9.17) is 0 Å². The first-order valence-corrected chi connectivity index (χ1v) is 6.09. The molecule has 0 radical (unpaired) electrons. The van der Waals surface area contributed by atoms with Crippen molar-refractivity contribution in [3.63, 3.8) is 0 Å². The third-order valence-electron chi connectivity index (χ3n) is 2.40. The number of hydrogen-bond acceptors (Lipinski definition) is 1. The maximum absolute atomic E-state index is 12.9. The summed E-state index contributed by atoms with van der Waals surface area (Å²) in [5, 5.41) is 0.913. The summed E-state index contributed by atoms with van der Waals surface area (Å²) in [4.78, 5) is 0. The molecule has 1 atom stereocenters. The maximum Gasteiger partial charge on any atom is 1.00 e. The minimum atomic E-state index is -0.887. The predicted molar refractivity (Wildman–Crippen MR) is 55.6 cm³/mol. The average Bonchev–Trinajstić information content (AvgIpc) is 2.18. The molecule has 1 nitrogen and oxygen atoms in total. The molecule has 1 aliphatic heterocycles. The Morgan fingerprint density at radius 2 is 2.13 bits per heavy atom. The predicted octanol–water partition coefficient (Wildman–Crippen LogP) is -0.358. The molecule has 0 N–H and O–H groups in total. The van der Waals surface area contributed by atoms with Gasteiger partial charge in [-0.2, -0.15) is 11.6 Å². The summed E-state index contributed by atoms with van der Waals surface area (Å²) in [5.41, 5.74) is 0.808. The summed E-state index contributed by atoms with van der Waals surface area (Å²) < 4.78 is 24.6. The van der Waals surface area contributed by atoms with Gasteiger partial charge in [-0.25, -0.2) is 4.39 Å². The minimum absolute atomic E-state index is 0. The zero-order chi connectivity index (χ0) is 9.97. The van der Waals surface area contributed by atoms with Gasteiger partial charge in [-0.3, -0.25) is 4.21 Å². The molecule has 1 aromatic rings. The first kappa shape index (κ1) is 12.8. The van der Waals surface area contributed by atoms with Crippen molar-refractivity contribution in [3.8, 4) is 0 Å². The van der Waals surface area contributed by atoms with Crippen molar-refractivity contribution in [2.24, 2.45) is 0 Å². The third kappa shape index (κ3) is 3.11. The van der Waals surface area contributed by atoms with E-state index in [0.29, 0.717) is 0 Å². The van der Waals surface area contributed by atoms with Gasteiger partial charge < -0.3 is 0 Å². The van der Waals surface area contributed by atoms with E-state index in [-0.39, 0.29) is 24.7 Å². The Kier molecular flexibility index (Phi) is 4.91. The Hall–Kier alpha value is -0.233. The number of halogens is 1. The van der Waals surface area contributed by atoms with E-state index < -0.39 is 10.8 Å². The molecule has 2 rings (SSSR count). The standard InChI is InChI=1S/C11H12FOS.Li/c12-10-5-3-4-9(8-10)11-6-1-2-7-14(11)13;/h3-5,8H,1-2,6-7H2;/q-1;+1. The van der Waals surface area contributed by atoms with Crippen LogP contribution in [0.2, 0.25) is 0 Å². The largest absolute Gasteiger partial charge is 1.00 e. The van der Waals surface area contributed by atoms with Gasteiger partial charge in [0.05, 0.1) is 5.82 Å². The number of benzene rings is 1. The fraction of sp³-hybridized carbons (Fsp3) is 0.364. The average molecular weight is 218 g/mol. The summed E-state index contributed by atoms with van der Waals surface area (Å²) in [6, 6.07) is 6.39. The van der Waals surface area contributed by atoms with Gasteiger partial charge in [0.15, 0.2) is 0 Å². The Labute approximate surface area is 104 Å². The van der Waals surface area contributed by atoms with E-state index in [2.05, 4.69) is 0 Å². The van der Waals surface area contributed by atoms with Gasteiger partial charge >= 0.3 is 18.9 Å². The second kappa shape index (κ2) is 5.74. The molecule has 0 saturated carbocycles. The minimum Gasteiger partial charge on any atom is -0.268 e. The summed E-state index contributed by atoms with van der Waals surface area (Å²) >= 11 is 0. The van der Waals surface area contributed by atoms with Crippen LogP contribution in [0, 0.1) is 11.1 Å². The Morgan fingerprint density at radius 1 is 1.33 bits per heavy atom. The van der Waals surface area contributed by atoms with Crippen molar-refractivity contribution in [3.05, 3.63) is 40.9 Å². The van der Waals surface area contributed by atoms with Crippen molar-refractivity contribution < 1.29 is 27.5 Å². The van der Waals surface area contributed by atoms with Crippen LogP contribution in [-0.2, 0) is 10.8 Å². The van der Waals surface area contributed by atoms with Gasteiger partial charge in [0.25, 0.3) is 0 Å². The molecular weight excluding hydrogens is 206 g/mol. The fourth-order valence-corrected chi connectivity index (χ4v) is 3.17. The van der Waals surface area contributed by atoms with Gasteiger partial charge in [-0.05, 0) is 17.2 Å². The maximum atomic E-state index is 12.9. The molecular formula is C11H12FLiOS. The van der Waals surface area contributed by atoms with Crippen LogP contribution in [0.25, 0.3) is 0 Å². The van der Waals surface area contributed by atoms with Crippen LogP contribution in [0.3, 0.4) is 0 Å². The molecule has 0 amide bonds. The molecule has 1 aromatic carbocycles. The number of hydrogen-bond donors (Lipinski definition) is 0. The smallest absolute Gasteiger partial charge is 0.268 e. The van der Waals surface area contributed by atoms with Crippen molar-refractivity contribution in [2.75, 3.05) is 5.75 Å². The fourth-order valence-electron chi connectivity index (χ4n) is 1.69. The monoisotopic (exact) mass is 218 g/mol. The van der Waals surface area contributed by atoms with Crippen molar-refractivity contribution >= 4 is 10.8 Å². The zero-order valence-corrected chi connectivity index (χ0v) is 9.65. The van der Waals surface area contributed by atoms with Crippen molar-refractivity contribution in [1.29, 1.82) is 0 Å². The molecule has 0 bridgehead atoms. The van der Waals surface area contributed by atoms with E-state index in [9.17, 15) is 8.60 Å². The van der Waals surface area contributed by atoms with Crippen LogP contribution in [0.5, 0.6) is 0 Å². The molecule has 15 heavy (non-hydrogen) atoms. The topological polar surface area (TPSA) is 17.1 Å². The van der Waals surface area contributed by atoms with Crippen molar-refractivity contribution in [1.82, 2.24) is 0 Å². The molecule has 1 unspecified atom stereocenters. The quantitative estimate of drug-likeness (QED) is 0.465. The summed E-state index contributed by atoms with van der Waals surface area (Å²) in [6.45, 7) is 0. The van der Waals surface area contributed by atoms with Gasteiger partial charge in [0, 0.05) is 5.75 Å². The van der Waals surface area contributed by atoms with E-state index >= 15 is 0 Å². The third-order valence-corrected chi connectivity index (χ3v) is 4.05. The van der Waals surface area contributed by atoms with E-state index in [0.717, 1.165) is 35.8 Å². The molecule has 1 saturated heterocycles. The Bertz CT molecular complexity index is 356. The normalized spacial score (nSPS) is 20.9. The van der Waals surface area contributed by atoms with Crippen LogP contribution in [-0.4, -0.2) is 9.96 Å². The van der Waals surface area contributed by atoms with Crippen LogP contribution >= 0.6 is 0 Å². The van der Waals surface area contributed by atoms with E-state index in [1.54, 1.807) is 6.07 Å². The van der Waals surface area contributed by atoms with E-state index in [1.165, 1.54) is 12.1 Å². The summed E-state index contributed by atoms with van der Waals surface area (Å²) in [6.07, 6.45) is 2.93. The van der Waals surface area contributed by atoms with Crippen LogP contribution in [0.4, 0.5) is 4.39 Å². The van der Waals surface area contributed by atoms with Gasteiger partial charge in [-0.1, -0.05) is 24.2 Å². The molecule has 0 spiro atoms. The Balaban J connectivity index is 0.00000112.